The van der Waals surface area contributed by atoms with Gasteiger partial charge in [-0.3, -0.25) is 9.79 Å². The Labute approximate surface area is 143 Å². The second-order valence-corrected chi connectivity index (χ2v) is 6.37. The maximum Gasteiger partial charge on any atom is 0.325 e. The number of ether oxygens (including phenoxy) is 2. The van der Waals surface area contributed by atoms with E-state index >= 15 is 0 Å². The van der Waals surface area contributed by atoms with E-state index in [1.807, 2.05) is 20.8 Å². The number of guanidine groups is 1. The lowest BCUT2D eigenvalue weighted by Gasteiger charge is -2.23. The van der Waals surface area contributed by atoms with Crippen LogP contribution in [0.5, 0.6) is 0 Å². The van der Waals surface area contributed by atoms with Crippen molar-refractivity contribution in [1.29, 1.82) is 0 Å². The highest BCUT2D eigenvalue weighted by Gasteiger charge is 2.41. The SMILES string of the molecule is CN=C(NCC(=O)OC(C)(C)C)NC1CC2CCC1O2.I. The van der Waals surface area contributed by atoms with Crippen LogP contribution in [0.25, 0.3) is 0 Å². The lowest BCUT2D eigenvalue weighted by atomic mass is 9.96. The van der Waals surface area contributed by atoms with Crippen molar-refractivity contribution in [2.45, 2.75) is 63.9 Å². The van der Waals surface area contributed by atoms with Crippen LogP contribution in [0.3, 0.4) is 0 Å². The van der Waals surface area contributed by atoms with Gasteiger partial charge in [-0.05, 0) is 40.0 Å². The first-order valence-electron chi connectivity index (χ1n) is 7.22. The van der Waals surface area contributed by atoms with E-state index < -0.39 is 5.60 Å². The van der Waals surface area contributed by atoms with Gasteiger partial charge in [0.2, 0.25) is 0 Å². The van der Waals surface area contributed by atoms with E-state index in [1.165, 1.54) is 0 Å². The molecule has 3 unspecified atom stereocenters. The number of nitrogens with zero attached hydrogens (tertiary/aromatic N) is 1. The summed E-state index contributed by atoms with van der Waals surface area (Å²) in [5.41, 5.74) is -0.464. The molecule has 0 radical (unpaired) electrons. The van der Waals surface area contributed by atoms with Gasteiger partial charge in [0.25, 0.3) is 0 Å². The standard InChI is InChI=1S/C14H25N3O3.HI/c1-14(2,3)20-12(18)8-16-13(15-4)17-10-7-9-5-6-11(10)19-9;/h9-11H,5-8H2,1-4H3,(H2,15,16,17);1H. The predicted molar refractivity (Wildman–Crippen MR) is 92.1 cm³/mol. The Kier molecular flexibility index (Phi) is 6.71. The lowest BCUT2D eigenvalue weighted by molar-refractivity contribution is -0.153. The molecule has 0 aromatic heterocycles. The van der Waals surface area contributed by atoms with Gasteiger partial charge in [0.05, 0.1) is 18.2 Å². The zero-order valence-corrected chi connectivity index (χ0v) is 15.5. The molecule has 2 saturated heterocycles. The molecule has 2 aliphatic rings. The fraction of sp³-hybridized carbons (Fsp3) is 0.857. The van der Waals surface area contributed by atoms with Gasteiger partial charge in [0.1, 0.15) is 12.1 Å². The molecule has 0 amide bonds. The summed E-state index contributed by atoms with van der Waals surface area (Å²) in [6.45, 7) is 5.67. The Hall–Kier alpha value is -0.570. The van der Waals surface area contributed by atoms with Gasteiger partial charge in [-0.2, -0.15) is 0 Å². The summed E-state index contributed by atoms with van der Waals surface area (Å²) in [7, 11) is 1.69. The fourth-order valence-corrected chi connectivity index (χ4v) is 2.69. The van der Waals surface area contributed by atoms with E-state index in [0.717, 1.165) is 19.3 Å². The van der Waals surface area contributed by atoms with Crippen LogP contribution in [0, 0.1) is 0 Å². The zero-order chi connectivity index (χ0) is 14.8. The smallest absolute Gasteiger partial charge is 0.325 e. The van der Waals surface area contributed by atoms with E-state index in [1.54, 1.807) is 7.05 Å². The van der Waals surface area contributed by atoms with Gasteiger partial charge < -0.3 is 20.1 Å². The summed E-state index contributed by atoms with van der Waals surface area (Å²) >= 11 is 0. The molecule has 6 nitrogen and oxygen atoms in total. The molecule has 2 N–H and O–H groups in total. The topological polar surface area (TPSA) is 72.0 Å². The van der Waals surface area contributed by atoms with Gasteiger partial charge in [-0.1, -0.05) is 0 Å². The van der Waals surface area contributed by atoms with Gasteiger partial charge in [-0.15, -0.1) is 24.0 Å². The third kappa shape index (κ3) is 5.61. The van der Waals surface area contributed by atoms with Crippen LogP contribution in [0.4, 0.5) is 0 Å². The van der Waals surface area contributed by atoms with Crippen molar-refractivity contribution in [2.75, 3.05) is 13.6 Å². The van der Waals surface area contributed by atoms with Gasteiger partial charge in [0, 0.05) is 7.05 Å². The molecule has 122 valence electrons. The van der Waals surface area contributed by atoms with Crippen LogP contribution < -0.4 is 10.6 Å². The molecule has 2 rings (SSSR count). The number of hydrogen-bond donors (Lipinski definition) is 2. The highest BCUT2D eigenvalue weighted by molar-refractivity contribution is 14.0. The highest BCUT2D eigenvalue weighted by atomic mass is 127. The van der Waals surface area contributed by atoms with Crippen LogP contribution >= 0.6 is 24.0 Å². The van der Waals surface area contributed by atoms with Crippen LogP contribution in [-0.4, -0.2) is 49.4 Å². The Morgan fingerprint density at radius 3 is 2.57 bits per heavy atom. The second kappa shape index (κ2) is 7.62. The van der Waals surface area contributed by atoms with E-state index in [0.29, 0.717) is 18.1 Å². The fourth-order valence-electron chi connectivity index (χ4n) is 2.69. The van der Waals surface area contributed by atoms with Crippen molar-refractivity contribution in [3.63, 3.8) is 0 Å². The summed E-state index contributed by atoms with van der Waals surface area (Å²) in [5, 5.41) is 6.31. The molecule has 7 heteroatoms. The minimum Gasteiger partial charge on any atom is -0.459 e. The minimum absolute atomic E-state index is 0. The van der Waals surface area contributed by atoms with Crippen LogP contribution in [0.2, 0.25) is 0 Å². The normalized spacial score (nSPS) is 28.0. The number of nitrogens with one attached hydrogen (secondary N) is 2. The van der Waals surface area contributed by atoms with E-state index in [-0.39, 0.29) is 42.6 Å². The number of rotatable bonds is 3. The largest absolute Gasteiger partial charge is 0.459 e. The number of aliphatic imine (C=N–C) groups is 1. The predicted octanol–water partition coefficient (Wildman–Crippen LogP) is 1.43. The minimum atomic E-state index is -0.464. The molecule has 0 aromatic rings. The average molecular weight is 411 g/mol. The second-order valence-electron chi connectivity index (χ2n) is 6.37. The first-order valence-corrected chi connectivity index (χ1v) is 7.22. The van der Waals surface area contributed by atoms with Crippen molar-refractivity contribution >= 4 is 35.9 Å². The van der Waals surface area contributed by atoms with Gasteiger partial charge in [0.15, 0.2) is 5.96 Å². The lowest BCUT2D eigenvalue weighted by Crippen LogP contribution is -2.49. The van der Waals surface area contributed by atoms with Crippen molar-refractivity contribution in [1.82, 2.24) is 10.6 Å². The Morgan fingerprint density at radius 1 is 1.38 bits per heavy atom. The third-order valence-corrected chi connectivity index (χ3v) is 3.47. The molecule has 0 spiro atoms. The number of hydrogen-bond acceptors (Lipinski definition) is 4. The number of carbonyl (C=O) groups excluding carboxylic acids is 1. The summed E-state index contributed by atoms with van der Waals surface area (Å²) in [6.07, 6.45) is 3.94. The van der Waals surface area contributed by atoms with Crippen LogP contribution in [0.15, 0.2) is 4.99 Å². The molecule has 2 bridgehead atoms. The molecule has 0 aromatic carbocycles. The number of fused-ring (bicyclic) bond motifs is 2. The maximum atomic E-state index is 11.7. The van der Waals surface area contributed by atoms with E-state index in [4.69, 9.17) is 9.47 Å². The van der Waals surface area contributed by atoms with Crippen molar-refractivity contribution < 1.29 is 14.3 Å². The molecule has 0 saturated carbocycles. The average Bonchev–Trinajstić information content (AvgIpc) is 2.94. The van der Waals surface area contributed by atoms with E-state index in [2.05, 4.69) is 15.6 Å². The van der Waals surface area contributed by atoms with Gasteiger partial charge in [-0.25, -0.2) is 0 Å². The van der Waals surface area contributed by atoms with Crippen molar-refractivity contribution in [3.05, 3.63) is 0 Å². The number of esters is 1. The first-order chi connectivity index (χ1) is 9.37. The molecular weight excluding hydrogens is 385 g/mol. The number of carbonyl (C=O) groups is 1. The highest BCUT2D eigenvalue weighted by Crippen LogP contribution is 2.34. The van der Waals surface area contributed by atoms with E-state index in [9.17, 15) is 4.79 Å². The molecule has 0 aliphatic carbocycles. The monoisotopic (exact) mass is 411 g/mol. The quantitative estimate of drug-likeness (QED) is 0.318. The zero-order valence-electron chi connectivity index (χ0n) is 13.1. The Morgan fingerprint density at radius 2 is 2.10 bits per heavy atom. The summed E-state index contributed by atoms with van der Waals surface area (Å²) in [4.78, 5) is 15.8. The first kappa shape index (κ1) is 18.5. The molecule has 2 heterocycles. The third-order valence-electron chi connectivity index (χ3n) is 3.47. The van der Waals surface area contributed by atoms with Gasteiger partial charge >= 0.3 is 5.97 Å². The Balaban J connectivity index is 0.00000220. The number of halogens is 1. The molecule has 2 aliphatic heterocycles. The van der Waals surface area contributed by atoms with Crippen LogP contribution in [0.1, 0.15) is 40.0 Å². The van der Waals surface area contributed by atoms with Crippen molar-refractivity contribution in [2.24, 2.45) is 4.99 Å². The molecular formula is C14H26IN3O3. The molecule has 21 heavy (non-hydrogen) atoms. The maximum absolute atomic E-state index is 11.7. The summed E-state index contributed by atoms with van der Waals surface area (Å²) < 4.78 is 11.0. The summed E-state index contributed by atoms with van der Waals surface area (Å²) in [5.74, 6) is 0.335. The molecule has 3 atom stereocenters. The Bertz CT molecular complexity index is 395. The molecule has 2 fully saturated rings. The van der Waals surface area contributed by atoms with Crippen LogP contribution in [-0.2, 0) is 14.3 Å². The summed E-state index contributed by atoms with van der Waals surface area (Å²) in [6, 6.07) is 0.290. The van der Waals surface area contributed by atoms with Crippen molar-refractivity contribution in [3.8, 4) is 0 Å².